The molecule has 2 N–H and O–H groups in total. The van der Waals surface area contributed by atoms with Gasteiger partial charge >= 0.3 is 0 Å². The van der Waals surface area contributed by atoms with Crippen LogP contribution in [0.3, 0.4) is 0 Å². The number of rotatable bonds is 3. The fraction of sp³-hybridized carbons (Fsp3) is 1.00. The maximum absolute atomic E-state index is 6.10. The Balaban J connectivity index is 2.30. The summed E-state index contributed by atoms with van der Waals surface area (Å²) in [5.41, 5.74) is 6.69. The van der Waals surface area contributed by atoms with Crippen molar-refractivity contribution in [3.63, 3.8) is 0 Å². The Morgan fingerprint density at radius 3 is 2.30 bits per heavy atom. The number of hydrogen-bond acceptors (Lipinski definition) is 2. The molecule has 1 aliphatic rings. The van der Waals surface area contributed by atoms with Gasteiger partial charge in [0.1, 0.15) is 0 Å². The van der Waals surface area contributed by atoms with Crippen molar-refractivity contribution in [1.82, 2.24) is 0 Å². The average molecular weight is 159 g/mol. The first-order valence-corrected chi connectivity index (χ1v) is 5.19. The number of thioether (sulfide) groups is 1. The van der Waals surface area contributed by atoms with Crippen LogP contribution in [0.1, 0.15) is 26.7 Å². The van der Waals surface area contributed by atoms with Crippen molar-refractivity contribution in [2.24, 2.45) is 11.1 Å². The molecule has 2 heteroatoms. The minimum Gasteiger partial charge on any atom is -0.325 e. The molecule has 1 atom stereocenters. The van der Waals surface area contributed by atoms with E-state index in [2.05, 4.69) is 20.1 Å². The van der Waals surface area contributed by atoms with Gasteiger partial charge in [-0.2, -0.15) is 11.8 Å². The fourth-order valence-corrected chi connectivity index (χ4v) is 2.02. The Hall–Kier alpha value is 0.310. The molecule has 60 valence electrons. The van der Waals surface area contributed by atoms with Gasteiger partial charge in [0, 0.05) is 5.54 Å². The Bertz CT molecular complexity index is 133. The zero-order chi connectivity index (χ0) is 7.83. The second-order valence-corrected chi connectivity index (χ2v) is 4.95. The first-order valence-electron chi connectivity index (χ1n) is 3.80. The molecule has 1 unspecified atom stereocenters. The third-order valence-electron chi connectivity index (χ3n) is 2.73. The standard InChI is InChI=1S/C8H17NS/c1-7(2)6-8(7,9)4-5-10-3/h4-6,9H2,1-3H3. The quantitative estimate of drug-likeness (QED) is 0.680. The third-order valence-corrected chi connectivity index (χ3v) is 3.34. The van der Waals surface area contributed by atoms with E-state index >= 15 is 0 Å². The molecule has 0 spiro atoms. The van der Waals surface area contributed by atoms with E-state index in [4.69, 9.17) is 5.73 Å². The minimum absolute atomic E-state index is 0.177. The summed E-state index contributed by atoms with van der Waals surface area (Å²) in [7, 11) is 0. The second-order valence-electron chi connectivity index (χ2n) is 3.96. The van der Waals surface area contributed by atoms with Crippen molar-refractivity contribution in [2.45, 2.75) is 32.2 Å². The van der Waals surface area contributed by atoms with Gasteiger partial charge in [0.25, 0.3) is 0 Å². The van der Waals surface area contributed by atoms with E-state index in [1.54, 1.807) is 0 Å². The molecule has 1 aliphatic carbocycles. The summed E-state index contributed by atoms with van der Waals surface area (Å²) in [6.45, 7) is 4.51. The zero-order valence-corrected chi connectivity index (χ0v) is 7.92. The van der Waals surface area contributed by atoms with Crippen LogP contribution in [-0.2, 0) is 0 Å². The molecule has 0 radical (unpaired) electrons. The normalized spacial score (nSPS) is 36.0. The van der Waals surface area contributed by atoms with Gasteiger partial charge in [-0.3, -0.25) is 0 Å². The van der Waals surface area contributed by atoms with Crippen LogP contribution in [0.4, 0.5) is 0 Å². The molecule has 0 bridgehead atoms. The smallest absolute Gasteiger partial charge is 0.0220 e. The van der Waals surface area contributed by atoms with Gasteiger partial charge in [-0.05, 0) is 30.3 Å². The van der Waals surface area contributed by atoms with Crippen molar-refractivity contribution in [3.8, 4) is 0 Å². The summed E-state index contributed by atoms with van der Waals surface area (Å²) in [5.74, 6) is 1.21. The summed E-state index contributed by atoms with van der Waals surface area (Å²) >= 11 is 1.89. The highest BCUT2D eigenvalue weighted by Crippen LogP contribution is 2.55. The molecule has 0 heterocycles. The highest BCUT2D eigenvalue weighted by molar-refractivity contribution is 7.98. The van der Waals surface area contributed by atoms with Crippen LogP contribution >= 0.6 is 11.8 Å². The summed E-state index contributed by atoms with van der Waals surface area (Å²) < 4.78 is 0. The van der Waals surface area contributed by atoms with Crippen molar-refractivity contribution < 1.29 is 0 Å². The summed E-state index contributed by atoms with van der Waals surface area (Å²) in [6, 6.07) is 0. The lowest BCUT2D eigenvalue weighted by molar-refractivity contribution is 0.483. The van der Waals surface area contributed by atoms with Crippen LogP contribution in [0.15, 0.2) is 0 Å². The van der Waals surface area contributed by atoms with Crippen LogP contribution < -0.4 is 5.73 Å². The lowest BCUT2D eigenvalue weighted by Crippen LogP contribution is -2.28. The zero-order valence-electron chi connectivity index (χ0n) is 7.11. The van der Waals surface area contributed by atoms with Gasteiger partial charge in [0.2, 0.25) is 0 Å². The molecular formula is C8H17NS. The van der Waals surface area contributed by atoms with Crippen LogP contribution in [-0.4, -0.2) is 17.5 Å². The molecule has 0 amide bonds. The van der Waals surface area contributed by atoms with E-state index in [9.17, 15) is 0 Å². The van der Waals surface area contributed by atoms with Crippen molar-refractivity contribution in [3.05, 3.63) is 0 Å². The Morgan fingerprint density at radius 2 is 2.00 bits per heavy atom. The van der Waals surface area contributed by atoms with Gasteiger partial charge in [0.15, 0.2) is 0 Å². The fourth-order valence-electron chi connectivity index (χ4n) is 1.46. The predicted molar refractivity (Wildman–Crippen MR) is 48.3 cm³/mol. The van der Waals surface area contributed by atoms with Gasteiger partial charge in [-0.15, -0.1) is 0 Å². The van der Waals surface area contributed by atoms with Crippen LogP contribution in [0, 0.1) is 5.41 Å². The molecule has 1 saturated carbocycles. The second kappa shape index (κ2) is 2.42. The monoisotopic (exact) mass is 159 g/mol. The SMILES string of the molecule is CSCCC1(N)CC1(C)C. The Labute approximate surface area is 67.8 Å². The van der Waals surface area contributed by atoms with E-state index in [1.807, 2.05) is 11.8 Å². The number of hydrogen-bond donors (Lipinski definition) is 1. The third kappa shape index (κ3) is 1.32. The molecular weight excluding hydrogens is 142 g/mol. The first-order chi connectivity index (χ1) is 4.52. The average Bonchev–Trinajstić information content (AvgIpc) is 2.29. The lowest BCUT2D eigenvalue weighted by Gasteiger charge is -2.13. The highest BCUT2D eigenvalue weighted by atomic mass is 32.2. The summed E-state index contributed by atoms with van der Waals surface area (Å²) in [6.07, 6.45) is 4.53. The molecule has 0 aliphatic heterocycles. The van der Waals surface area contributed by atoms with E-state index in [-0.39, 0.29) is 5.54 Å². The van der Waals surface area contributed by atoms with Gasteiger partial charge < -0.3 is 5.73 Å². The maximum Gasteiger partial charge on any atom is 0.0220 e. The minimum atomic E-state index is 0.177. The largest absolute Gasteiger partial charge is 0.325 e. The van der Waals surface area contributed by atoms with E-state index in [0.29, 0.717) is 5.41 Å². The molecule has 0 aromatic heterocycles. The van der Waals surface area contributed by atoms with Crippen LogP contribution in [0.5, 0.6) is 0 Å². The molecule has 1 rings (SSSR count). The van der Waals surface area contributed by atoms with Crippen molar-refractivity contribution >= 4 is 11.8 Å². The first kappa shape index (κ1) is 8.41. The molecule has 0 aromatic rings. The number of nitrogens with two attached hydrogens (primary N) is 1. The Kier molecular flexibility index (Phi) is 2.03. The molecule has 1 nitrogen and oxygen atoms in total. The van der Waals surface area contributed by atoms with Crippen LogP contribution in [0.2, 0.25) is 0 Å². The predicted octanol–water partition coefficient (Wildman–Crippen LogP) is 1.87. The van der Waals surface area contributed by atoms with E-state index in [1.165, 1.54) is 18.6 Å². The molecule has 0 aromatic carbocycles. The van der Waals surface area contributed by atoms with E-state index in [0.717, 1.165) is 0 Å². The van der Waals surface area contributed by atoms with Gasteiger partial charge in [-0.1, -0.05) is 13.8 Å². The summed E-state index contributed by atoms with van der Waals surface area (Å²) in [4.78, 5) is 0. The topological polar surface area (TPSA) is 26.0 Å². The molecule has 1 fully saturated rings. The van der Waals surface area contributed by atoms with Crippen LogP contribution in [0.25, 0.3) is 0 Å². The Morgan fingerprint density at radius 1 is 1.50 bits per heavy atom. The lowest BCUT2D eigenvalue weighted by atomic mass is 10.0. The van der Waals surface area contributed by atoms with E-state index < -0.39 is 0 Å². The summed E-state index contributed by atoms with van der Waals surface area (Å²) in [5, 5.41) is 0. The van der Waals surface area contributed by atoms with Gasteiger partial charge in [-0.25, -0.2) is 0 Å². The molecule has 0 saturated heterocycles. The highest BCUT2D eigenvalue weighted by Gasteiger charge is 2.57. The van der Waals surface area contributed by atoms with Gasteiger partial charge in [0.05, 0.1) is 0 Å². The van der Waals surface area contributed by atoms with Crippen molar-refractivity contribution in [1.29, 1.82) is 0 Å². The molecule has 10 heavy (non-hydrogen) atoms. The maximum atomic E-state index is 6.10. The van der Waals surface area contributed by atoms with Crippen molar-refractivity contribution in [2.75, 3.05) is 12.0 Å².